The number of ether oxygens (including phenoxy) is 2. The SMILES string of the molecule is CC/C=C\C/C=C\C/C=C\C/C=C\C/C=C\C/C=C\CCCCCCCCCCCCC(=O)OC(CO)COC(=O)CCCCCCCCC. The molecule has 0 aromatic heterocycles. The largest absolute Gasteiger partial charge is 0.462 e. The number of aliphatic hydroxyl groups excluding tert-OH is 1. The summed E-state index contributed by atoms with van der Waals surface area (Å²) in [6, 6.07) is 0. The number of allylic oxidation sites excluding steroid dienone is 12. The summed E-state index contributed by atoms with van der Waals surface area (Å²) in [6.45, 7) is 3.96. The maximum atomic E-state index is 12.1. The van der Waals surface area contributed by atoms with Crippen LogP contribution in [0, 0.1) is 0 Å². The van der Waals surface area contributed by atoms with Crippen molar-refractivity contribution in [3.8, 4) is 0 Å². The van der Waals surface area contributed by atoms with Crippen molar-refractivity contribution in [1.82, 2.24) is 0 Å². The molecule has 0 bridgehead atoms. The summed E-state index contributed by atoms with van der Waals surface area (Å²) < 4.78 is 10.5. The zero-order valence-electron chi connectivity index (χ0n) is 32.4. The van der Waals surface area contributed by atoms with Crippen molar-refractivity contribution >= 4 is 11.9 Å². The van der Waals surface area contributed by atoms with Crippen LogP contribution in [-0.2, 0) is 19.1 Å². The summed E-state index contributed by atoms with van der Waals surface area (Å²) in [5.74, 6) is -0.606. The molecule has 0 aliphatic heterocycles. The Hall–Kier alpha value is -2.66. The fraction of sp³-hybridized carbons (Fsp3) is 0.689. The first-order valence-corrected chi connectivity index (χ1v) is 20.5. The molecule has 0 spiro atoms. The van der Waals surface area contributed by atoms with Gasteiger partial charge >= 0.3 is 11.9 Å². The number of unbranched alkanes of at least 4 members (excludes halogenated alkanes) is 16. The van der Waals surface area contributed by atoms with Crippen LogP contribution in [0.3, 0.4) is 0 Å². The fourth-order valence-electron chi connectivity index (χ4n) is 5.44. The number of esters is 2. The van der Waals surface area contributed by atoms with E-state index < -0.39 is 6.10 Å². The minimum absolute atomic E-state index is 0.0694. The number of rotatable bonds is 36. The lowest BCUT2D eigenvalue weighted by molar-refractivity contribution is -0.161. The van der Waals surface area contributed by atoms with Gasteiger partial charge in [-0.25, -0.2) is 0 Å². The smallest absolute Gasteiger partial charge is 0.306 e. The number of aliphatic hydroxyl groups is 1. The second-order valence-electron chi connectivity index (χ2n) is 13.3. The van der Waals surface area contributed by atoms with Gasteiger partial charge in [-0.05, 0) is 64.2 Å². The molecule has 0 aromatic rings. The van der Waals surface area contributed by atoms with Crippen LogP contribution >= 0.6 is 0 Å². The van der Waals surface area contributed by atoms with Crippen LogP contribution in [0.25, 0.3) is 0 Å². The summed E-state index contributed by atoms with van der Waals surface area (Å²) in [5, 5.41) is 9.51. The van der Waals surface area contributed by atoms with Crippen LogP contribution in [-0.4, -0.2) is 36.4 Å². The lowest BCUT2D eigenvalue weighted by Crippen LogP contribution is -2.28. The van der Waals surface area contributed by atoms with Gasteiger partial charge in [0.05, 0.1) is 6.61 Å². The third kappa shape index (κ3) is 38.1. The molecular formula is C45H76O5. The van der Waals surface area contributed by atoms with Crippen LogP contribution < -0.4 is 0 Å². The van der Waals surface area contributed by atoms with Gasteiger partial charge < -0.3 is 14.6 Å². The van der Waals surface area contributed by atoms with Gasteiger partial charge in [-0.1, -0.05) is 177 Å². The Morgan fingerprint density at radius 3 is 1.30 bits per heavy atom. The molecule has 286 valence electrons. The molecule has 50 heavy (non-hydrogen) atoms. The van der Waals surface area contributed by atoms with E-state index in [1.807, 2.05) is 0 Å². The van der Waals surface area contributed by atoms with E-state index in [0.717, 1.165) is 77.0 Å². The first kappa shape index (κ1) is 47.3. The molecule has 1 N–H and O–H groups in total. The third-order valence-corrected chi connectivity index (χ3v) is 8.51. The molecule has 0 saturated carbocycles. The van der Waals surface area contributed by atoms with Crippen LogP contribution in [0.15, 0.2) is 72.9 Å². The number of carbonyl (C=O) groups excluding carboxylic acids is 2. The average molecular weight is 697 g/mol. The van der Waals surface area contributed by atoms with Crippen LogP contribution in [0.1, 0.15) is 181 Å². The number of hydrogen-bond acceptors (Lipinski definition) is 5. The predicted molar refractivity (Wildman–Crippen MR) is 214 cm³/mol. The van der Waals surface area contributed by atoms with E-state index in [0.29, 0.717) is 12.8 Å². The van der Waals surface area contributed by atoms with E-state index in [1.165, 1.54) is 77.0 Å². The Bertz CT molecular complexity index is 926. The van der Waals surface area contributed by atoms with E-state index in [1.54, 1.807) is 0 Å². The molecule has 5 nitrogen and oxygen atoms in total. The van der Waals surface area contributed by atoms with Gasteiger partial charge in [0.2, 0.25) is 0 Å². The molecule has 0 saturated heterocycles. The minimum atomic E-state index is -0.772. The highest BCUT2D eigenvalue weighted by molar-refractivity contribution is 5.70. The quantitative estimate of drug-likeness (QED) is 0.0401. The summed E-state index contributed by atoms with van der Waals surface area (Å²) in [5.41, 5.74) is 0. The molecule has 0 heterocycles. The van der Waals surface area contributed by atoms with Crippen molar-refractivity contribution in [2.24, 2.45) is 0 Å². The fourth-order valence-corrected chi connectivity index (χ4v) is 5.44. The molecule has 0 radical (unpaired) electrons. The Kier molecular flexibility index (Phi) is 38.6. The molecule has 0 rings (SSSR count). The molecule has 5 heteroatoms. The van der Waals surface area contributed by atoms with Gasteiger partial charge in [0.25, 0.3) is 0 Å². The van der Waals surface area contributed by atoms with E-state index in [-0.39, 0.29) is 25.2 Å². The minimum Gasteiger partial charge on any atom is -0.462 e. The summed E-state index contributed by atoms with van der Waals surface area (Å²) in [4.78, 5) is 24.1. The van der Waals surface area contributed by atoms with E-state index in [4.69, 9.17) is 9.47 Å². The van der Waals surface area contributed by atoms with E-state index in [9.17, 15) is 14.7 Å². The zero-order valence-corrected chi connectivity index (χ0v) is 32.4. The summed E-state index contributed by atoms with van der Waals surface area (Å²) >= 11 is 0. The molecule has 0 aliphatic rings. The Morgan fingerprint density at radius 1 is 0.480 bits per heavy atom. The van der Waals surface area contributed by atoms with Gasteiger partial charge in [0.15, 0.2) is 6.10 Å². The monoisotopic (exact) mass is 697 g/mol. The second kappa shape index (κ2) is 40.8. The molecule has 0 aliphatic carbocycles. The Labute approximate surface area is 308 Å². The van der Waals surface area contributed by atoms with Crippen molar-refractivity contribution in [2.75, 3.05) is 13.2 Å². The number of hydrogen-bond donors (Lipinski definition) is 1. The van der Waals surface area contributed by atoms with E-state index in [2.05, 4.69) is 86.8 Å². The maximum Gasteiger partial charge on any atom is 0.306 e. The standard InChI is InChI=1S/C45H76O5/c1-3-5-7-9-11-12-13-14-15-16-17-18-19-20-21-22-23-24-25-26-27-28-29-30-31-32-34-36-38-40-45(48)50-43(41-46)42-49-44(47)39-37-35-33-10-8-6-4-2/h5,7,11-12,14-15,17-18,20-21,23-24,43,46H,3-4,6,8-10,13,16,19,22,25-42H2,1-2H3/b7-5-,12-11-,15-14-,18-17-,21-20-,24-23-. The van der Waals surface area contributed by atoms with Crippen molar-refractivity contribution in [1.29, 1.82) is 0 Å². The highest BCUT2D eigenvalue weighted by Gasteiger charge is 2.16. The molecule has 0 amide bonds. The van der Waals surface area contributed by atoms with Crippen LogP contribution in [0.4, 0.5) is 0 Å². The predicted octanol–water partition coefficient (Wildman–Crippen LogP) is 13.0. The Balaban J connectivity index is 3.54. The highest BCUT2D eigenvalue weighted by atomic mass is 16.6. The summed E-state index contributed by atoms with van der Waals surface area (Å²) in [7, 11) is 0. The van der Waals surface area contributed by atoms with Gasteiger partial charge in [0.1, 0.15) is 6.61 Å². The van der Waals surface area contributed by atoms with Crippen molar-refractivity contribution in [3.05, 3.63) is 72.9 Å². The normalized spacial score (nSPS) is 12.9. The molecule has 1 unspecified atom stereocenters. The lowest BCUT2D eigenvalue weighted by atomic mass is 10.0. The zero-order chi connectivity index (χ0) is 36.4. The third-order valence-electron chi connectivity index (χ3n) is 8.51. The van der Waals surface area contributed by atoms with Crippen molar-refractivity contribution in [2.45, 2.75) is 187 Å². The average Bonchev–Trinajstić information content (AvgIpc) is 3.12. The summed E-state index contributed by atoms with van der Waals surface area (Å²) in [6.07, 6.45) is 54.2. The molecule has 1 atom stereocenters. The van der Waals surface area contributed by atoms with Gasteiger partial charge in [0, 0.05) is 12.8 Å². The van der Waals surface area contributed by atoms with Crippen molar-refractivity contribution < 1.29 is 24.2 Å². The molecule has 0 aromatic carbocycles. The van der Waals surface area contributed by atoms with Crippen LogP contribution in [0.2, 0.25) is 0 Å². The second-order valence-corrected chi connectivity index (χ2v) is 13.3. The first-order valence-electron chi connectivity index (χ1n) is 20.5. The number of carbonyl (C=O) groups is 2. The van der Waals surface area contributed by atoms with Gasteiger partial charge in [-0.2, -0.15) is 0 Å². The maximum absolute atomic E-state index is 12.1. The Morgan fingerprint density at radius 2 is 0.860 bits per heavy atom. The van der Waals surface area contributed by atoms with Crippen LogP contribution in [0.5, 0.6) is 0 Å². The van der Waals surface area contributed by atoms with Gasteiger partial charge in [-0.15, -0.1) is 0 Å². The lowest BCUT2D eigenvalue weighted by Gasteiger charge is -2.15. The topological polar surface area (TPSA) is 72.8 Å². The van der Waals surface area contributed by atoms with E-state index >= 15 is 0 Å². The van der Waals surface area contributed by atoms with Gasteiger partial charge in [-0.3, -0.25) is 9.59 Å². The van der Waals surface area contributed by atoms with Crippen molar-refractivity contribution in [3.63, 3.8) is 0 Å². The molecular weight excluding hydrogens is 620 g/mol. The first-order chi connectivity index (χ1) is 24.6. The highest BCUT2D eigenvalue weighted by Crippen LogP contribution is 2.13. The molecule has 0 fully saturated rings.